The van der Waals surface area contributed by atoms with Crippen molar-refractivity contribution in [1.29, 1.82) is 0 Å². The summed E-state index contributed by atoms with van der Waals surface area (Å²) in [4.78, 5) is 12.6. The molecule has 1 amide bonds. The van der Waals surface area contributed by atoms with Gasteiger partial charge in [0, 0.05) is 10.9 Å². The highest BCUT2D eigenvalue weighted by atomic mass is 35.5. The molecule has 8 heteroatoms. The van der Waals surface area contributed by atoms with E-state index < -0.39 is 0 Å². The lowest BCUT2D eigenvalue weighted by Crippen LogP contribution is -2.14. The number of rotatable bonds is 5. The first kappa shape index (κ1) is 16.2. The van der Waals surface area contributed by atoms with E-state index in [2.05, 4.69) is 20.6 Å². The Morgan fingerprint density at radius 2 is 2.24 bits per heavy atom. The number of anilines is 1. The van der Waals surface area contributed by atoms with Gasteiger partial charge in [-0.15, -0.1) is 10.2 Å². The molecular weight excluding hydrogens is 358 g/mol. The molecule has 0 spiro atoms. The Balaban J connectivity index is 1.59. The standard InChI is InChI=1S/C17H16ClN5OS/c1-2-14-13(9-19-23(14)12-5-3-4-11(18)8-12)15(24)20-17-22-21-16(25-17)10-6-7-10/h3-5,8-10H,2,6-7H2,1H3,(H,20,22,24). The van der Waals surface area contributed by atoms with E-state index in [0.717, 1.165) is 29.2 Å². The number of nitrogens with one attached hydrogen (secondary N) is 1. The predicted molar refractivity (Wildman–Crippen MR) is 97.8 cm³/mol. The van der Waals surface area contributed by atoms with E-state index in [4.69, 9.17) is 11.6 Å². The minimum absolute atomic E-state index is 0.219. The van der Waals surface area contributed by atoms with Crippen molar-refractivity contribution in [3.8, 4) is 5.69 Å². The van der Waals surface area contributed by atoms with Gasteiger partial charge in [0.2, 0.25) is 5.13 Å². The topological polar surface area (TPSA) is 72.7 Å². The van der Waals surface area contributed by atoms with E-state index in [-0.39, 0.29) is 5.91 Å². The largest absolute Gasteiger partial charge is 0.296 e. The quantitative estimate of drug-likeness (QED) is 0.731. The molecule has 0 radical (unpaired) electrons. The van der Waals surface area contributed by atoms with Crippen LogP contribution in [0.2, 0.25) is 5.02 Å². The second kappa shape index (κ2) is 6.57. The Labute approximate surface area is 153 Å². The molecule has 1 N–H and O–H groups in total. The zero-order valence-electron chi connectivity index (χ0n) is 13.6. The highest BCUT2D eigenvalue weighted by Gasteiger charge is 2.28. The van der Waals surface area contributed by atoms with Crippen molar-refractivity contribution in [3.63, 3.8) is 0 Å². The molecule has 4 rings (SSSR count). The first-order valence-corrected chi connectivity index (χ1v) is 9.32. The first-order valence-electron chi connectivity index (χ1n) is 8.13. The van der Waals surface area contributed by atoms with Crippen LogP contribution < -0.4 is 5.32 Å². The molecule has 2 heterocycles. The maximum absolute atomic E-state index is 12.6. The number of carbonyl (C=O) groups excluding carboxylic acids is 1. The molecule has 1 saturated carbocycles. The Bertz CT molecular complexity index is 931. The van der Waals surface area contributed by atoms with Crippen LogP contribution in [0.25, 0.3) is 5.69 Å². The van der Waals surface area contributed by atoms with Crippen molar-refractivity contribution in [1.82, 2.24) is 20.0 Å². The van der Waals surface area contributed by atoms with Crippen molar-refractivity contribution >= 4 is 34.0 Å². The fourth-order valence-electron chi connectivity index (χ4n) is 2.68. The van der Waals surface area contributed by atoms with E-state index in [9.17, 15) is 4.79 Å². The van der Waals surface area contributed by atoms with Crippen molar-refractivity contribution in [2.45, 2.75) is 32.1 Å². The van der Waals surface area contributed by atoms with Gasteiger partial charge >= 0.3 is 0 Å². The molecule has 0 atom stereocenters. The molecule has 0 unspecified atom stereocenters. The molecule has 1 aliphatic rings. The third-order valence-electron chi connectivity index (χ3n) is 4.09. The van der Waals surface area contributed by atoms with Crippen molar-refractivity contribution in [2.24, 2.45) is 0 Å². The van der Waals surface area contributed by atoms with Gasteiger partial charge in [-0.25, -0.2) is 4.68 Å². The molecule has 0 aliphatic heterocycles. The molecule has 1 fully saturated rings. The summed E-state index contributed by atoms with van der Waals surface area (Å²) < 4.78 is 1.75. The van der Waals surface area contributed by atoms with Gasteiger partial charge < -0.3 is 0 Å². The molecule has 1 aromatic carbocycles. The molecule has 128 valence electrons. The number of nitrogens with zero attached hydrogens (tertiary/aromatic N) is 4. The third kappa shape index (κ3) is 3.29. The first-order chi connectivity index (χ1) is 12.2. The minimum atomic E-state index is -0.219. The summed E-state index contributed by atoms with van der Waals surface area (Å²) in [5.41, 5.74) is 2.19. The van der Waals surface area contributed by atoms with Crippen LogP contribution in [-0.4, -0.2) is 25.9 Å². The normalized spacial score (nSPS) is 13.8. The Hall–Kier alpha value is -2.25. The lowest BCUT2D eigenvalue weighted by atomic mass is 10.2. The van der Waals surface area contributed by atoms with E-state index in [1.807, 2.05) is 25.1 Å². The second-order valence-corrected chi connectivity index (χ2v) is 7.37. The lowest BCUT2D eigenvalue weighted by Gasteiger charge is -2.08. The summed E-state index contributed by atoms with van der Waals surface area (Å²) >= 11 is 7.51. The highest BCUT2D eigenvalue weighted by molar-refractivity contribution is 7.15. The maximum Gasteiger partial charge on any atom is 0.260 e. The van der Waals surface area contributed by atoms with E-state index in [1.54, 1.807) is 16.9 Å². The molecule has 2 aromatic heterocycles. The molecule has 6 nitrogen and oxygen atoms in total. The van der Waals surface area contributed by atoms with Gasteiger partial charge in [0.15, 0.2) is 0 Å². The number of carbonyl (C=O) groups is 1. The summed E-state index contributed by atoms with van der Waals surface area (Å²) in [5, 5.41) is 17.6. The number of amides is 1. The molecule has 25 heavy (non-hydrogen) atoms. The SMILES string of the molecule is CCc1c(C(=O)Nc2nnc(C3CC3)s2)cnn1-c1cccc(Cl)c1. The molecule has 1 aliphatic carbocycles. The van der Waals surface area contributed by atoms with Crippen LogP contribution in [0.1, 0.15) is 46.7 Å². The highest BCUT2D eigenvalue weighted by Crippen LogP contribution is 2.42. The maximum atomic E-state index is 12.6. The van der Waals surface area contributed by atoms with Gasteiger partial charge in [-0.1, -0.05) is 35.9 Å². The van der Waals surface area contributed by atoms with E-state index in [1.165, 1.54) is 11.3 Å². The van der Waals surface area contributed by atoms with Gasteiger partial charge in [-0.05, 0) is 37.5 Å². The Kier molecular flexibility index (Phi) is 4.27. The van der Waals surface area contributed by atoms with Crippen molar-refractivity contribution in [3.05, 3.63) is 51.7 Å². The smallest absolute Gasteiger partial charge is 0.260 e. The van der Waals surface area contributed by atoms with Crippen LogP contribution in [0.4, 0.5) is 5.13 Å². The van der Waals surface area contributed by atoms with Gasteiger partial charge in [0.1, 0.15) is 5.01 Å². The zero-order chi connectivity index (χ0) is 17.4. The van der Waals surface area contributed by atoms with Gasteiger partial charge in [-0.3, -0.25) is 10.1 Å². The number of halogens is 1. The van der Waals surface area contributed by atoms with Crippen LogP contribution in [0.3, 0.4) is 0 Å². The van der Waals surface area contributed by atoms with Crippen LogP contribution in [0, 0.1) is 0 Å². The van der Waals surface area contributed by atoms with Gasteiger partial charge in [-0.2, -0.15) is 5.10 Å². The van der Waals surface area contributed by atoms with E-state index in [0.29, 0.717) is 28.1 Å². The summed E-state index contributed by atoms with van der Waals surface area (Å²) in [5.74, 6) is 0.309. The second-order valence-electron chi connectivity index (χ2n) is 5.92. The average Bonchev–Trinajstić information content (AvgIpc) is 3.19. The predicted octanol–water partition coefficient (Wildman–Crippen LogP) is 4.07. The van der Waals surface area contributed by atoms with Crippen LogP contribution >= 0.6 is 22.9 Å². The van der Waals surface area contributed by atoms with E-state index >= 15 is 0 Å². The Morgan fingerprint density at radius 3 is 2.96 bits per heavy atom. The summed E-state index contributed by atoms with van der Waals surface area (Å²) in [6.07, 6.45) is 4.57. The minimum Gasteiger partial charge on any atom is -0.296 e. The molecule has 0 saturated heterocycles. The Morgan fingerprint density at radius 1 is 1.40 bits per heavy atom. The molecular formula is C17H16ClN5OS. The van der Waals surface area contributed by atoms with Gasteiger partial charge in [0.05, 0.1) is 23.1 Å². The summed E-state index contributed by atoms with van der Waals surface area (Å²) in [6, 6.07) is 7.40. The zero-order valence-corrected chi connectivity index (χ0v) is 15.1. The van der Waals surface area contributed by atoms with Crippen molar-refractivity contribution < 1.29 is 4.79 Å². The number of hydrogen-bond donors (Lipinski definition) is 1. The monoisotopic (exact) mass is 373 g/mol. The number of hydrogen-bond acceptors (Lipinski definition) is 5. The van der Waals surface area contributed by atoms with Crippen LogP contribution in [-0.2, 0) is 6.42 Å². The fraction of sp³-hybridized carbons (Fsp3) is 0.294. The molecule has 0 bridgehead atoms. The summed E-state index contributed by atoms with van der Waals surface area (Å²) in [6.45, 7) is 1.99. The van der Waals surface area contributed by atoms with Crippen molar-refractivity contribution in [2.75, 3.05) is 5.32 Å². The summed E-state index contributed by atoms with van der Waals surface area (Å²) in [7, 11) is 0. The lowest BCUT2D eigenvalue weighted by molar-refractivity contribution is 0.102. The fourth-order valence-corrected chi connectivity index (χ4v) is 3.77. The average molecular weight is 374 g/mol. The number of aromatic nitrogens is 4. The van der Waals surface area contributed by atoms with Gasteiger partial charge in [0.25, 0.3) is 5.91 Å². The molecule has 3 aromatic rings. The van der Waals surface area contributed by atoms with Crippen LogP contribution in [0.15, 0.2) is 30.5 Å². The van der Waals surface area contributed by atoms with Crippen LogP contribution in [0.5, 0.6) is 0 Å². The number of benzene rings is 1. The third-order valence-corrected chi connectivity index (χ3v) is 5.33.